The largest absolute Gasteiger partial charge is 0.449 e. The summed E-state index contributed by atoms with van der Waals surface area (Å²) in [5, 5.41) is 0. The SMILES string of the molecule is CC(C)c1ccc2c(c1)N(c1ccc(C(C)(C)C)cc1)c1cc(C(C)(C)C)cc3c1B2n1c2ccc(C(C)(C)C)cc2oc2c4oc5ccccc5oc4cc-3c21. The van der Waals surface area contributed by atoms with Crippen molar-refractivity contribution in [2.75, 3.05) is 4.90 Å². The smallest absolute Gasteiger partial charge is 0.333 e. The number of anilines is 3. The summed E-state index contributed by atoms with van der Waals surface area (Å²) in [4.78, 5) is 2.53. The molecule has 0 atom stereocenters. The van der Waals surface area contributed by atoms with E-state index in [4.69, 9.17) is 13.3 Å². The molecule has 0 saturated heterocycles. The molecule has 0 saturated carbocycles. The van der Waals surface area contributed by atoms with Crippen LogP contribution in [0.4, 0.5) is 17.1 Å². The molecule has 10 rings (SSSR count). The summed E-state index contributed by atoms with van der Waals surface area (Å²) in [6.45, 7) is 25.0. The van der Waals surface area contributed by atoms with Crippen molar-refractivity contribution in [3.05, 3.63) is 125 Å². The molecule has 6 heteroatoms. The van der Waals surface area contributed by atoms with Crippen molar-refractivity contribution in [1.82, 2.24) is 4.48 Å². The molecular formula is C51H51BN2O3. The maximum absolute atomic E-state index is 7.14. The second-order valence-corrected chi connectivity index (χ2v) is 19.7. The van der Waals surface area contributed by atoms with Crippen LogP contribution in [0, 0.1) is 0 Å². The number of rotatable bonds is 2. The van der Waals surface area contributed by atoms with Gasteiger partial charge in [-0.1, -0.05) is 125 Å². The van der Waals surface area contributed by atoms with Gasteiger partial charge in [0.25, 0.3) is 0 Å². The lowest BCUT2D eigenvalue weighted by atomic mass is 9.44. The van der Waals surface area contributed by atoms with Crippen molar-refractivity contribution in [3.63, 3.8) is 0 Å². The van der Waals surface area contributed by atoms with E-state index < -0.39 is 0 Å². The lowest BCUT2D eigenvalue weighted by Crippen LogP contribution is -2.57. The van der Waals surface area contributed by atoms with Crippen LogP contribution in [0.15, 0.2) is 116 Å². The van der Waals surface area contributed by atoms with Gasteiger partial charge in [-0.3, -0.25) is 0 Å². The molecular weight excluding hydrogens is 699 g/mol. The highest BCUT2D eigenvalue weighted by atomic mass is 16.4. The molecule has 0 fully saturated rings. The molecule has 6 aromatic carbocycles. The molecule has 0 aliphatic carbocycles. The van der Waals surface area contributed by atoms with Crippen LogP contribution >= 0.6 is 0 Å². The van der Waals surface area contributed by atoms with Gasteiger partial charge in [-0.25, -0.2) is 0 Å². The number of nitrogens with zero attached hydrogens (tertiary/aromatic N) is 2. The Bertz CT molecular complexity index is 3000. The Morgan fingerprint density at radius 2 is 1.18 bits per heavy atom. The van der Waals surface area contributed by atoms with E-state index in [9.17, 15) is 0 Å². The molecule has 4 heterocycles. The summed E-state index contributed by atoms with van der Waals surface area (Å²) in [5.41, 5.74) is 19.5. The predicted octanol–water partition coefficient (Wildman–Crippen LogP) is 13.4. The quantitative estimate of drug-likeness (QED) is 0.100. The van der Waals surface area contributed by atoms with Gasteiger partial charge in [0, 0.05) is 22.6 Å². The molecule has 2 aliphatic rings. The monoisotopic (exact) mass is 750 g/mol. The molecule has 5 nitrogen and oxygen atoms in total. The van der Waals surface area contributed by atoms with Gasteiger partial charge in [0.05, 0.1) is 11.0 Å². The van der Waals surface area contributed by atoms with Gasteiger partial charge < -0.3 is 22.6 Å². The second kappa shape index (κ2) is 12.0. The molecule has 0 radical (unpaired) electrons. The Morgan fingerprint density at radius 1 is 0.526 bits per heavy atom. The van der Waals surface area contributed by atoms with E-state index >= 15 is 0 Å². The van der Waals surface area contributed by atoms with Crippen molar-refractivity contribution in [3.8, 4) is 11.1 Å². The van der Waals surface area contributed by atoms with E-state index in [-0.39, 0.29) is 23.1 Å². The first kappa shape index (κ1) is 35.8. The summed E-state index contributed by atoms with van der Waals surface area (Å²) in [7, 11) is 0. The summed E-state index contributed by atoms with van der Waals surface area (Å²) < 4.78 is 23.2. The van der Waals surface area contributed by atoms with E-state index in [1.54, 1.807) is 0 Å². The Balaban J connectivity index is 1.41. The third-order valence-corrected chi connectivity index (χ3v) is 12.3. The van der Waals surface area contributed by atoms with Crippen LogP contribution in [0.1, 0.15) is 104 Å². The second-order valence-electron chi connectivity index (χ2n) is 19.7. The van der Waals surface area contributed by atoms with Crippen LogP contribution in [-0.2, 0) is 16.2 Å². The Labute approximate surface area is 335 Å². The first-order valence-electron chi connectivity index (χ1n) is 20.5. The minimum atomic E-state index is -0.144. The van der Waals surface area contributed by atoms with Crippen LogP contribution in [-0.4, -0.2) is 11.3 Å². The van der Waals surface area contributed by atoms with Crippen LogP contribution < -0.4 is 15.8 Å². The number of hydrogen-bond acceptors (Lipinski definition) is 4. The zero-order chi connectivity index (χ0) is 39.9. The van der Waals surface area contributed by atoms with E-state index in [0.717, 1.165) is 27.9 Å². The van der Waals surface area contributed by atoms with Gasteiger partial charge >= 0.3 is 6.85 Å². The van der Waals surface area contributed by atoms with Gasteiger partial charge in [0.15, 0.2) is 27.9 Å². The van der Waals surface area contributed by atoms with Crippen molar-refractivity contribution in [1.29, 1.82) is 0 Å². The van der Waals surface area contributed by atoms with E-state index in [0.29, 0.717) is 33.8 Å². The highest BCUT2D eigenvalue weighted by Crippen LogP contribution is 2.48. The lowest BCUT2D eigenvalue weighted by molar-refractivity contribution is 0.569. The number of aromatic nitrogens is 1. The first-order valence-corrected chi connectivity index (χ1v) is 20.5. The number of para-hydroxylation sites is 2. The molecule has 0 unspecified atom stereocenters. The molecule has 286 valence electrons. The number of hydrogen-bond donors (Lipinski definition) is 0. The van der Waals surface area contributed by atoms with E-state index in [1.165, 1.54) is 50.1 Å². The topological polar surface area (TPSA) is 47.6 Å². The van der Waals surface area contributed by atoms with Crippen LogP contribution in [0.5, 0.6) is 0 Å². The van der Waals surface area contributed by atoms with Crippen molar-refractivity contribution >= 4 is 79.4 Å². The van der Waals surface area contributed by atoms with E-state index in [1.807, 2.05) is 24.3 Å². The summed E-state index contributed by atoms with van der Waals surface area (Å²) in [5.74, 6) is 0.364. The highest BCUT2D eigenvalue weighted by Gasteiger charge is 2.44. The fraction of sp³-hybridized carbons (Fsp3) is 0.294. The van der Waals surface area contributed by atoms with Crippen LogP contribution in [0.25, 0.3) is 55.7 Å². The molecule has 0 spiro atoms. The third-order valence-electron chi connectivity index (χ3n) is 12.3. The minimum Gasteiger partial charge on any atom is -0.449 e. The normalized spacial score (nSPS) is 14.0. The van der Waals surface area contributed by atoms with Crippen LogP contribution in [0.3, 0.4) is 0 Å². The Morgan fingerprint density at radius 3 is 1.84 bits per heavy atom. The van der Waals surface area contributed by atoms with E-state index in [2.05, 4.69) is 164 Å². The molecule has 8 aromatic rings. The highest BCUT2D eigenvalue weighted by molar-refractivity contribution is 6.89. The average molecular weight is 751 g/mol. The lowest BCUT2D eigenvalue weighted by Gasteiger charge is -2.42. The Kier molecular flexibility index (Phi) is 7.50. The van der Waals surface area contributed by atoms with Gasteiger partial charge in [0.1, 0.15) is 0 Å². The minimum absolute atomic E-state index is 0.0446. The molecule has 0 bridgehead atoms. The molecule has 0 amide bonds. The van der Waals surface area contributed by atoms with Crippen molar-refractivity contribution in [2.45, 2.75) is 98.3 Å². The fourth-order valence-corrected chi connectivity index (χ4v) is 8.98. The van der Waals surface area contributed by atoms with Gasteiger partial charge in [0.2, 0.25) is 5.58 Å². The zero-order valence-electron chi connectivity index (χ0n) is 35.1. The van der Waals surface area contributed by atoms with Gasteiger partial charge in [-0.2, -0.15) is 0 Å². The third kappa shape index (κ3) is 5.43. The van der Waals surface area contributed by atoms with Gasteiger partial charge in [-0.15, -0.1) is 0 Å². The van der Waals surface area contributed by atoms with Gasteiger partial charge in [-0.05, 0) is 116 Å². The zero-order valence-corrected chi connectivity index (χ0v) is 35.1. The molecule has 57 heavy (non-hydrogen) atoms. The van der Waals surface area contributed by atoms with Crippen LogP contribution in [0.2, 0.25) is 0 Å². The molecule has 0 N–H and O–H groups in total. The maximum atomic E-state index is 7.14. The summed E-state index contributed by atoms with van der Waals surface area (Å²) >= 11 is 0. The standard InChI is InChI=1S/C51H51BN2O3/c1-29(2)30-16-22-37-39(24-30)53(34-20-17-31(18-21-34)49(3,4)5)40-26-33(51(9,10)11)25-35-36-28-44-47(56-42-15-13-12-14-41(42)55-44)48-46(36)54(52(37)45(35)40)38-23-19-32(50(6,7)8)27-43(38)57-48/h12-29H,1-11H3. The fourth-order valence-electron chi connectivity index (χ4n) is 8.98. The maximum Gasteiger partial charge on any atom is 0.333 e. The first-order chi connectivity index (χ1) is 27.0. The summed E-state index contributed by atoms with van der Waals surface area (Å²) in [6, 6.07) is 38.1. The van der Waals surface area contributed by atoms with Crippen molar-refractivity contribution < 1.29 is 13.3 Å². The Hall–Kier alpha value is -5.62. The molecule has 2 aliphatic heterocycles. The predicted molar refractivity (Wildman–Crippen MR) is 240 cm³/mol. The summed E-state index contributed by atoms with van der Waals surface area (Å²) in [6.07, 6.45) is 0. The molecule has 2 aromatic heterocycles. The van der Waals surface area contributed by atoms with Crippen molar-refractivity contribution in [2.24, 2.45) is 0 Å². The number of fused-ring (bicyclic) bond motifs is 9. The number of benzene rings is 6. The average Bonchev–Trinajstić information content (AvgIpc) is 3.16.